The van der Waals surface area contributed by atoms with E-state index in [2.05, 4.69) is 33.2 Å². The zero-order valence-electron chi connectivity index (χ0n) is 11.1. The van der Waals surface area contributed by atoms with Crippen molar-refractivity contribution in [3.05, 3.63) is 4.60 Å². The monoisotopic (exact) mass is 352 g/mol. The summed E-state index contributed by atoms with van der Waals surface area (Å²) in [5, 5.41) is 7.52. The molecular formula is C10H17BrN4O3S. The van der Waals surface area contributed by atoms with Crippen molar-refractivity contribution in [1.29, 1.82) is 0 Å². The third kappa shape index (κ3) is 2.69. The second-order valence-electron chi connectivity index (χ2n) is 4.71. The molecule has 1 fully saturated rings. The van der Waals surface area contributed by atoms with Crippen LogP contribution in [0.1, 0.15) is 13.3 Å². The van der Waals surface area contributed by atoms with Crippen LogP contribution in [-0.2, 0) is 21.8 Å². The third-order valence-electron chi connectivity index (χ3n) is 3.48. The number of sulfonamides is 1. The van der Waals surface area contributed by atoms with Gasteiger partial charge in [0.15, 0.2) is 4.60 Å². The molecule has 2 heterocycles. The number of methoxy groups -OCH3 is 1. The van der Waals surface area contributed by atoms with E-state index in [1.165, 1.54) is 8.99 Å². The van der Waals surface area contributed by atoms with E-state index in [4.69, 9.17) is 4.74 Å². The molecule has 0 saturated carbocycles. The second kappa shape index (κ2) is 5.47. The number of nitrogens with zero attached hydrogens (tertiary/aromatic N) is 4. The molecule has 2 rings (SSSR count). The molecule has 0 aromatic carbocycles. The van der Waals surface area contributed by atoms with Crippen LogP contribution in [0, 0.1) is 5.92 Å². The predicted octanol–water partition coefficient (Wildman–Crippen LogP) is 0.623. The number of hydrogen-bond acceptors (Lipinski definition) is 5. The van der Waals surface area contributed by atoms with Gasteiger partial charge in [-0.3, -0.25) is 0 Å². The molecule has 1 aliphatic heterocycles. The maximum Gasteiger partial charge on any atom is 0.263 e. The van der Waals surface area contributed by atoms with E-state index in [-0.39, 0.29) is 15.7 Å². The van der Waals surface area contributed by atoms with Crippen LogP contribution in [0.3, 0.4) is 0 Å². The fourth-order valence-electron chi connectivity index (χ4n) is 2.25. The van der Waals surface area contributed by atoms with Crippen molar-refractivity contribution in [2.75, 3.05) is 20.2 Å². The topological polar surface area (TPSA) is 77.3 Å². The van der Waals surface area contributed by atoms with Crippen LogP contribution in [0.15, 0.2) is 9.63 Å². The molecule has 19 heavy (non-hydrogen) atoms. The van der Waals surface area contributed by atoms with Crippen LogP contribution in [0.2, 0.25) is 0 Å². The van der Waals surface area contributed by atoms with Crippen molar-refractivity contribution < 1.29 is 13.2 Å². The number of piperidine rings is 1. The van der Waals surface area contributed by atoms with Gasteiger partial charge in [0.2, 0.25) is 5.03 Å². The summed E-state index contributed by atoms with van der Waals surface area (Å²) in [5.74, 6) is 0.351. The number of aromatic nitrogens is 3. The zero-order valence-corrected chi connectivity index (χ0v) is 13.5. The number of hydrogen-bond donors (Lipinski definition) is 0. The zero-order chi connectivity index (χ0) is 14.2. The molecule has 1 aromatic heterocycles. The Bertz CT molecular complexity index is 540. The highest BCUT2D eigenvalue weighted by molar-refractivity contribution is 9.10. The molecule has 0 amide bonds. The maximum absolute atomic E-state index is 12.6. The largest absolute Gasteiger partial charge is 0.380 e. The van der Waals surface area contributed by atoms with Gasteiger partial charge in [-0.2, -0.15) is 4.31 Å². The first-order chi connectivity index (χ1) is 8.87. The Morgan fingerprint density at radius 2 is 2.16 bits per heavy atom. The van der Waals surface area contributed by atoms with Gasteiger partial charge in [-0.15, -0.1) is 5.10 Å². The minimum Gasteiger partial charge on any atom is -0.380 e. The molecule has 0 radical (unpaired) electrons. The standard InChI is InChI=1S/C10H17BrN4O3S/c1-7-4-5-15(6-8(7)18-3)19(16,17)10-9(11)12-13-14(10)2/h7-8H,4-6H2,1-3H3. The number of aryl methyl sites for hydroxylation is 1. The van der Waals surface area contributed by atoms with Crippen LogP contribution < -0.4 is 0 Å². The van der Waals surface area contributed by atoms with Crippen molar-refractivity contribution in [2.24, 2.45) is 13.0 Å². The van der Waals surface area contributed by atoms with E-state index in [9.17, 15) is 8.42 Å². The van der Waals surface area contributed by atoms with Crippen LogP contribution in [0.4, 0.5) is 0 Å². The summed E-state index contributed by atoms with van der Waals surface area (Å²) in [7, 11) is -0.432. The van der Waals surface area contributed by atoms with Crippen molar-refractivity contribution in [2.45, 2.75) is 24.5 Å². The summed E-state index contributed by atoms with van der Waals surface area (Å²) < 4.78 is 33.5. The Kier molecular flexibility index (Phi) is 4.29. The molecule has 2 unspecified atom stereocenters. The van der Waals surface area contributed by atoms with Gasteiger partial charge in [-0.1, -0.05) is 12.1 Å². The SMILES string of the molecule is COC1CN(S(=O)(=O)c2c(Br)nnn2C)CCC1C. The molecule has 0 spiro atoms. The minimum absolute atomic E-state index is 0.0801. The summed E-state index contributed by atoms with van der Waals surface area (Å²) >= 11 is 3.13. The normalized spacial score (nSPS) is 25.7. The fourth-order valence-corrected chi connectivity index (χ4v) is 4.75. The van der Waals surface area contributed by atoms with Crippen LogP contribution in [0.25, 0.3) is 0 Å². The minimum atomic E-state index is -3.60. The quantitative estimate of drug-likeness (QED) is 0.796. The van der Waals surface area contributed by atoms with E-state index >= 15 is 0 Å². The summed E-state index contributed by atoms with van der Waals surface area (Å²) in [5.41, 5.74) is 0. The first kappa shape index (κ1) is 14.9. The summed E-state index contributed by atoms with van der Waals surface area (Å²) in [6.45, 7) is 2.91. The van der Waals surface area contributed by atoms with Gasteiger partial charge in [0, 0.05) is 27.2 Å². The Hall–Kier alpha value is -0.510. The Morgan fingerprint density at radius 3 is 2.68 bits per heavy atom. The molecule has 9 heteroatoms. The molecule has 2 atom stereocenters. The summed E-state index contributed by atoms with van der Waals surface area (Å²) in [6, 6.07) is 0. The molecule has 0 aliphatic carbocycles. The van der Waals surface area contributed by atoms with Gasteiger partial charge < -0.3 is 4.74 Å². The average Bonchev–Trinajstić information content (AvgIpc) is 2.69. The molecular weight excluding hydrogens is 336 g/mol. The summed E-state index contributed by atoms with van der Waals surface area (Å²) in [6.07, 6.45) is 0.698. The number of halogens is 1. The molecule has 7 nitrogen and oxygen atoms in total. The number of ether oxygens (including phenoxy) is 1. The van der Waals surface area contributed by atoms with Crippen LogP contribution >= 0.6 is 15.9 Å². The van der Waals surface area contributed by atoms with E-state index < -0.39 is 10.0 Å². The van der Waals surface area contributed by atoms with Gasteiger partial charge in [-0.05, 0) is 28.3 Å². The number of rotatable bonds is 3. The van der Waals surface area contributed by atoms with Gasteiger partial charge >= 0.3 is 0 Å². The lowest BCUT2D eigenvalue weighted by molar-refractivity contribution is 0.0182. The van der Waals surface area contributed by atoms with E-state index in [1.807, 2.05) is 0 Å². The lowest BCUT2D eigenvalue weighted by atomic mass is 9.97. The van der Waals surface area contributed by atoms with E-state index in [0.29, 0.717) is 19.0 Å². The van der Waals surface area contributed by atoms with Crippen molar-refractivity contribution in [3.63, 3.8) is 0 Å². The Morgan fingerprint density at radius 1 is 1.47 bits per heavy atom. The lowest BCUT2D eigenvalue weighted by Crippen LogP contribution is -2.46. The first-order valence-electron chi connectivity index (χ1n) is 5.96. The first-order valence-corrected chi connectivity index (χ1v) is 8.19. The van der Waals surface area contributed by atoms with Crippen molar-refractivity contribution >= 4 is 26.0 Å². The van der Waals surface area contributed by atoms with E-state index in [1.54, 1.807) is 14.2 Å². The van der Waals surface area contributed by atoms with Crippen molar-refractivity contribution in [1.82, 2.24) is 19.3 Å². The maximum atomic E-state index is 12.6. The smallest absolute Gasteiger partial charge is 0.263 e. The Labute approximate surface area is 121 Å². The molecule has 108 valence electrons. The lowest BCUT2D eigenvalue weighted by Gasteiger charge is -2.35. The predicted molar refractivity (Wildman–Crippen MR) is 72.0 cm³/mol. The average molecular weight is 353 g/mol. The Balaban J connectivity index is 2.31. The second-order valence-corrected chi connectivity index (χ2v) is 7.32. The fraction of sp³-hybridized carbons (Fsp3) is 0.800. The van der Waals surface area contributed by atoms with Crippen LogP contribution in [-0.4, -0.2) is 54.0 Å². The molecule has 0 N–H and O–H groups in total. The molecule has 1 aromatic rings. The summed E-state index contributed by atoms with van der Waals surface area (Å²) in [4.78, 5) is 0. The molecule has 0 bridgehead atoms. The van der Waals surface area contributed by atoms with Gasteiger partial charge in [0.05, 0.1) is 6.10 Å². The van der Waals surface area contributed by atoms with Gasteiger partial charge in [0.1, 0.15) is 0 Å². The highest BCUT2D eigenvalue weighted by Gasteiger charge is 2.36. The third-order valence-corrected chi connectivity index (χ3v) is 6.23. The van der Waals surface area contributed by atoms with Crippen molar-refractivity contribution in [3.8, 4) is 0 Å². The van der Waals surface area contributed by atoms with Gasteiger partial charge in [0.25, 0.3) is 10.0 Å². The van der Waals surface area contributed by atoms with Crippen LogP contribution in [0.5, 0.6) is 0 Å². The highest BCUT2D eigenvalue weighted by Crippen LogP contribution is 2.27. The van der Waals surface area contributed by atoms with E-state index in [0.717, 1.165) is 6.42 Å². The van der Waals surface area contributed by atoms with Gasteiger partial charge in [-0.25, -0.2) is 13.1 Å². The highest BCUT2D eigenvalue weighted by atomic mass is 79.9. The molecule has 1 saturated heterocycles. The molecule has 1 aliphatic rings.